The van der Waals surface area contributed by atoms with Crippen molar-refractivity contribution >= 4 is 0 Å². The van der Waals surface area contributed by atoms with E-state index >= 15 is 0 Å². The van der Waals surface area contributed by atoms with Gasteiger partial charge in [0.05, 0.1) is 44.7 Å². The average Bonchev–Trinajstić information content (AvgIpc) is 2.84. The van der Waals surface area contributed by atoms with Crippen LogP contribution in [0.15, 0.2) is 0 Å². The molecular weight excluding hydrogens is 476 g/mol. The highest BCUT2D eigenvalue weighted by atomic mass is 16.7. The fourth-order valence-electron chi connectivity index (χ4n) is 4.00. The second-order valence-electron chi connectivity index (χ2n) is 9.11. The lowest BCUT2D eigenvalue weighted by Gasteiger charge is -2.46. The summed E-state index contributed by atoms with van der Waals surface area (Å²) in [5, 5.41) is 88.8. The molecule has 14 nitrogen and oxygen atoms in total. The molecular formula is C21H40O14. The van der Waals surface area contributed by atoms with Crippen molar-refractivity contribution in [1.29, 1.82) is 0 Å². The van der Waals surface area contributed by atoms with E-state index in [0.29, 0.717) is 0 Å². The summed E-state index contributed by atoms with van der Waals surface area (Å²) in [4.78, 5) is 0. The normalized spacial score (nSPS) is 41.8. The second kappa shape index (κ2) is 13.8. The van der Waals surface area contributed by atoms with Crippen molar-refractivity contribution in [3.63, 3.8) is 0 Å². The molecule has 0 radical (unpaired) electrons. The predicted molar refractivity (Wildman–Crippen MR) is 115 cm³/mol. The van der Waals surface area contributed by atoms with E-state index in [0.717, 1.165) is 0 Å². The van der Waals surface area contributed by atoms with Crippen LogP contribution in [0.2, 0.25) is 0 Å². The fourth-order valence-corrected chi connectivity index (χ4v) is 4.00. The Kier molecular flexibility index (Phi) is 12.1. The molecule has 2 saturated heterocycles. The highest BCUT2D eigenvalue weighted by molar-refractivity contribution is 4.93. The van der Waals surface area contributed by atoms with Gasteiger partial charge < -0.3 is 69.6 Å². The van der Waals surface area contributed by atoms with Crippen molar-refractivity contribution in [3.05, 3.63) is 0 Å². The van der Waals surface area contributed by atoms with Crippen LogP contribution in [0.1, 0.15) is 20.8 Å². The van der Waals surface area contributed by atoms with Crippen molar-refractivity contribution in [2.45, 2.75) is 100 Å². The minimum Gasteiger partial charge on any atom is -0.394 e. The van der Waals surface area contributed by atoms with Gasteiger partial charge in [0, 0.05) is 5.92 Å². The first kappa shape index (κ1) is 30.7. The first-order chi connectivity index (χ1) is 16.5. The van der Waals surface area contributed by atoms with E-state index in [-0.39, 0.29) is 6.61 Å². The highest BCUT2D eigenvalue weighted by Gasteiger charge is 2.50. The number of ether oxygens (including phenoxy) is 5. The zero-order valence-electron chi connectivity index (χ0n) is 20.0. The smallest absolute Gasteiger partial charge is 0.187 e. The molecule has 14 atom stereocenters. The Bertz CT molecular complexity index is 607. The Morgan fingerprint density at radius 1 is 0.800 bits per heavy atom. The van der Waals surface area contributed by atoms with Gasteiger partial charge in [0.25, 0.3) is 0 Å². The van der Waals surface area contributed by atoms with Crippen molar-refractivity contribution in [2.24, 2.45) is 5.92 Å². The second-order valence-corrected chi connectivity index (χ2v) is 9.11. The SMILES string of the molecule is CC1C(O)[C@H](O[C@@H]2OC(CO)[C@H](O)C(O)[C@@H]2O)[C@H](CO)O[C@H]1OC[C@@H](C)OC(CO)[C@@H](O)[C@@H](C)O. The average molecular weight is 517 g/mol. The summed E-state index contributed by atoms with van der Waals surface area (Å²) >= 11 is 0. The Morgan fingerprint density at radius 2 is 1.40 bits per heavy atom. The van der Waals surface area contributed by atoms with Crippen molar-refractivity contribution in [1.82, 2.24) is 0 Å². The molecule has 0 aromatic carbocycles. The summed E-state index contributed by atoms with van der Waals surface area (Å²) in [7, 11) is 0. The number of rotatable bonds is 12. The molecule has 2 heterocycles. The largest absolute Gasteiger partial charge is 0.394 e. The maximum Gasteiger partial charge on any atom is 0.187 e. The standard InChI is InChI=1S/C21H40O14/c1-8(32-11(4-22)15(27)10(3)25)7-31-20-9(2)14(26)19(13(6-24)34-20)35-21-18(30)17(29)16(28)12(5-23)33-21/h8-30H,4-7H2,1-3H3/t8-,9?,10-,11?,12?,13+,14?,15+,16+,17?,18+,19-,20-,21+/m1/s1. The van der Waals surface area contributed by atoms with Crippen molar-refractivity contribution in [3.8, 4) is 0 Å². The lowest BCUT2D eigenvalue weighted by atomic mass is 9.92. The first-order valence-corrected chi connectivity index (χ1v) is 11.6. The maximum absolute atomic E-state index is 10.8. The van der Waals surface area contributed by atoms with Gasteiger partial charge in [-0.2, -0.15) is 0 Å². The topological polar surface area (TPSA) is 228 Å². The van der Waals surface area contributed by atoms with Gasteiger partial charge in [0.2, 0.25) is 0 Å². The lowest BCUT2D eigenvalue weighted by Crippen LogP contribution is -2.63. The van der Waals surface area contributed by atoms with Gasteiger partial charge in [-0.15, -0.1) is 0 Å². The molecule has 14 heteroatoms. The van der Waals surface area contributed by atoms with Gasteiger partial charge in [-0.3, -0.25) is 0 Å². The van der Waals surface area contributed by atoms with Gasteiger partial charge in [-0.25, -0.2) is 0 Å². The summed E-state index contributed by atoms with van der Waals surface area (Å²) < 4.78 is 27.9. The minimum absolute atomic E-state index is 0.0822. The van der Waals surface area contributed by atoms with E-state index < -0.39 is 105 Å². The van der Waals surface area contributed by atoms with Crippen LogP contribution in [0.5, 0.6) is 0 Å². The molecule has 0 aromatic rings. The third-order valence-electron chi connectivity index (χ3n) is 6.26. The van der Waals surface area contributed by atoms with Crippen LogP contribution in [0.3, 0.4) is 0 Å². The van der Waals surface area contributed by atoms with E-state index in [1.165, 1.54) is 6.92 Å². The highest BCUT2D eigenvalue weighted by Crippen LogP contribution is 2.32. The van der Waals surface area contributed by atoms with Crippen LogP contribution in [0.25, 0.3) is 0 Å². The van der Waals surface area contributed by atoms with E-state index in [9.17, 15) is 46.0 Å². The molecule has 2 fully saturated rings. The van der Waals surface area contributed by atoms with Crippen LogP contribution in [0, 0.1) is 5.92 Å². The van der Waals surface area contributed by atoms with Crippen LogP contribution in [0.4, 0.5) is 0 Å². The maximum atomic E-state index is 10.8. The molecule has 2 aliphatic heterocycles. The molecule has 208 valence electrons. The van der Waals surface area contributed by atoms with Crippen molar-refractivity contribution in [2.75, 3.05) is 26.4 Å². The summed E-state index contributed by atoms with van der Waals surface area (Å²) in [6, 6.07) is 0. The monoisotopic (exact) mass is 516 g/mol. The Labute approximate surface area is 203 Å². The molecule has 0 bridgehead atoms. The van der Waals surface area contributed by atoms with E-state index in [2.05, 4.69) is 0 Å². The van der Waals surface area contributed by atoms with Gasteiger partial charge in [0.1, 0.15) is 48.8 Å². The van der Waals surface area contributed by atoms with E-state index in [4.69, 9.17) is 23.7 Å². The fraction of sp³-hybridized carbons (Fsp3) is 1.00. The molecule has 0 amide bonds. The van der Waals surface area contributed by atoms with Gasteiger partial charge in [-0.05, 0) is 13.8 Å². The van der Waals surface area contributed by atoms with Crippen LogP contribution in [-0.2, 0) is 23.7 Å². The van der Waals surface area contributed by atoms with Gasteiger partial charge >= 0.3 is 0 Å². The lowest BCUT2D eigenvalue weighted by molar-refractivity contribution is -0.354. The molecule has 0 aromatic heterocycles. The predicted octanol–water partition coefficient (Wildman–Crippen LogP) is -4.59. The molecule has 5 unspecified atom stereocenters. The van der Waals surface area contributed by atoms with Crippen LogP contribution < -0.4 is 0 Å². The summed E-state index contributed by atoms with van der Waals surface area (Å²) in [5.74, 6) is -0.712. The van der Waals surface area contributed by atoms with Crippen LogP contribution >= 0.6 is 0 Å². The van der Waals surface area contributed by atoms with Gasteiger partial charge in [-0.1, -0.05) is 6.92 Å². The third-order valence-corrected chi connectivity index (χ3v) is 6.26. The summed E-state index contributed by atoms with van der Waals surface area (Å²) in [6.07, 6.45) is -16.5. The number of aliphatic hydroxyl groups excluding tert-OH is 9. The zero-order valence-corrected chi connectivity index (χ0v) is 20.0. The third kappa shape index (κ3) is 7.49. The number of hydrogen-bond donors (Lipinski definition) is 9. The molecule has 35 heavy (non-hydrogen) atoms. The Morgan fingerprint density at radius 3 is 1.94 bits per heavy atom. The van der Waals surface area contributed by atoms with E-state index in [1.54, 1.807) is 13.8 Å². The molecule has 9 N–H and O–H groups in total. The van der Waals surface area contributed by atoms with Crippen LogP contribution in [-0.4, -0.2) is 152 Å². The molecule has 0 spiro atoms. The molecule has 0 aliphatic carbocycles. The van der Waals surface area contributed by atoms with Crippen molar-refractivity contribution < 1.29 is 69.6 Å². The first-order valence-electron chi connectivity index (χ1n) is 11.6. The van der Waals surface area contributed by atoms with Gasteiger partial charge in [0.15, 0.2) is 12.6 Å². The zero-order chi connectivity index (χ0) is 26.4. The molecule has 2 aliphatic rings. The number of aliphatic hydroxyl groups is 9. The minimum atomic E-state index is -1.70. The molecule has 2 rings (SSSR count). The quantitative estimate of drug-likeness (QED) is 0.119. The Hall–Kier alpha value is -0.560. The number of hydrogen-bond acceptors (Lipinski definition) is 14. The summed E-state index contributed by atoms with van der Waals surface area (Å²) in [5.41, 5.74) is 0. The van der Waals surface area contributed by atoms with E-state index in [1.807, 2.05) is 0 Å². The summed E-state index contributed by atoms with van der Waals surface area (Å²) in [6.45, 7) is 2.67. The Balaban J connectivity index is 1.98. The molecule has 0 saturated carbocycles.